The molecule has 1 amide bonds. The molecular formula is C21H15Cl3N2O3. The van der Waals surface area contributed by atoms with Crippen LogP contribution >= 0.6 is 34.8 Å². The van der Waals surface area contributed by atoms with Crippen LogP contribution in [0.4, 0.5) is 0 Å². The SMILES string of the molecule is O=C(O)C[C@H](NC(=O)c1cccc(-c2ccccc2Cl)n1)c1ccc(Cl)cc1Cl. The van der Waals surface area contributed by atoms with Gasteiger partial charge in [0, 0.05) is 20.6 Å². The molecule has 1 aromatic heterocycles. The fourth-order valence-corrected chi connectivity index (χ4v) is 3.58. The van der Waals surface area contributed by atoms with Gasteiger partial charge in [0.1, 0.15) is 5.69 Å². The number of halogens is 3. The predicted octanol–water partition coefficient (Wildman–Crippen LogP) is 5.65. The molecule has 0 radical (unpaired) electrons. The first-order valence-corrected chi connectivity index (χ1v) is 9.68. The standard InChI is InChI=1S/C21H15Cl3N2O3/c22-12-8-9-14(16(24)10-12)19(11-20(27)28)26-21(29)18-7-3-6-17(25-18)13-4-1-2-5-15(13)23/h1-10,19H,11H2,(H,26,29)(H,27,28)/t19-/m0/s1. The summed E-state index contributed by atoms with van der Waals surface area (Å²) in [6.07, 6.45) is -0.350. The molecule has 0 saturated heterocycles. The lowest BCUT2D eigenvalue weighted by Gasteiger charge is -2.19. The molecule has 5 nitrogen and oxygen atoms in total. The number of pyridine rings is 1. The second kappa shape index (κ2) is 9.27. The van der Waals surface area contributed by atoms with E-state index in [0.29, 0.717) is 26.9 Å². The molecule has 0 aliphatic carbocycles. The van der Waals surface area contributed by atoms with Gasteiger partial charge in [0.25, 0.3) is 5.91 Å². The molecule has 0 aliphatic heterocycles. The maximum Gasteiger partial charge on any atom is 0.305 e. The summed E-state index contributed by atoms with van der Waals surface area (Å²) in [5.74, 6) is -1.62. The van der Waals surface area contributed by atoms with Crippen molar-refractivity contribution in [2.45, 2.75) is 12.5 Å². The van der Waals surface area contributed by atoms with E-state index >= 15 is 0 Å². The number of rotatable bonds is 6. The fraction of sp³-hybridized carbons (Fsp3) is 0.0952. The number of amides is 1. The molecule has 29 heavy (non-hydrogen) atoms. The van der Waals surface area contributed by atoms with Crippen LogP contribution in [-0.2, 0) is 4.79 Å². The van der Waals surface area contributed by atoms with E-state index in [9.17, 15) is 14.7 Å². The third kappa shape index (κ3) is 5.26. The number of hydrogen-bond acceptors (Lipinski definition) is 3. The van der Waals surface area contributed by atoms with Gasteiger partial charge in [-0.2, -0.15) is 0 Å². The van der Waals surface area contributed by atoms with E-state index in [2.05, 4.69) is 10.3 Å². The monoisotopic (exact) mass is 448 g/mol. The highest BCUT2D eigenvalue weighted by molar-refractivity contribution is 6.35. The fourth-order valence-electron chi connectivity index (χ4n) is 2.81. The van der Waals surface area contributed by atoms with Crippen molar-refractivity contribution in [2.75, 3.05) is 0 Å². The van der Waals surface area contributed by atoms with E-state index in [4.69, 9.17) is 34.8 Å². The topological polar surface area (TPSA) is 79.3 Å². The van der Waals surface area contributed by atoms with Gasteiger partial charge in [-0.05, 0) is 35.9 Å². The lowest BCUT2D eigenvalue weighted by atomic mass is 10.0. The van der Waals surface area contributed by atoms with Crippen molar-refractivity contribution in [3.8, 4) is 11.3 Å². The maximum atomic E-state index is 12.8. The number of nitrogens with zero attached hydrogens (tertiary/aromatic N) is 1. The molecule has 3 rings (SSSR count). The van der Waals surface area contributed by atoms with Gasteiger partial charge in [-0.1, -0.05) is 65.1 Å². The number of aliphatic carboxylic acids is 1. The summed E-state index contributed by atoms with van der Waals surface area (Å²) in [6, 6.07) is 15.9. The van der Waals surface area contributed by atoms with Crippen molar-refractivity contribution in [1.82, 2.24) is 10.3 Å². The molecule has 3 aromatic rings. The smallest absolute Gasteiger partial charge is 0.305 e. The number of carbonyl (C=O) groups is 2. The van der Waals surface area contributed by atoms with Crippen molar-refractivity contribution in [2.24, 2.45) is 0 Å². The second-order valence-electron chi connectivity index (χ2n) is 6.18. The number of hydrogen-bond donors (Lipinski definition) is 2. The Balaban J connectivity index is 1.89. The van der Waals surface area contributed by atoms with E-state index in [-0.39, 0.29) is 17.1 Å². The summed E-state index contributed by atoms with van der Waals surface area (Å²) >= 11 is 18.3. The van der Waals surface area contributed by atoms with Crippen molar-refractivity contribution in [3.05, 3.63) is 87.0 Å². The van der Waals surface area contributed by atoms with Gasteiger partial charge in [0.15, 0.2) is 0 Å². The number of carboxylic acids is 1. The molecule has 0 saturated carbocycles. The third-order valence-electron chi connectivity index (χ3n) is 4.15. The molecule has 0 fully saturated rings. The Morgan fingerprint density at radius 3 is 2.41 bits per heavy atom. The number of benzene rings is 2. The van der Waals surface area contributed by atoms with Gasteiger partial charge in [-0.15, -0.1) is 0 Å². The maximum absolute atomic E-state index is 12.8. The van der Waals surface area contributed by atoms with E-state index < -0.39 is 17.9 Å². The second-order valence-corrected chi connectivity index (χ2v) is 7.43. The normalized spacial score (nSPS) is 11.7. The van der Waals surface area contributed by atoms with Gasteiger partial charge in [-0.25, -0.2) is 4.98 Å². The van der Waals surface area contributed by atoms with Crippen LogP contribution in [0.2, 0.25) is 15.1 Å². The first-order valence-electron chi connectivity index (χ1n) is 8.54. The number of aromatic nitrogens is 1. The summed E-state index contributed by atoms with van der Waals surface area (Å²) in [7, 11) is 0. The number of nitrogens with one attached hydrogen (secondary N) is 1. The summed E-state index contributed by atoms with van der Waals surface area (Å²) < 4.78 is 0. The molecule has 2 aromatic carbocycles. The Hall–Kier alpha value is -2.60. The molecule has 0 aliphatic rings. The van der Waals surface area contributed by atoms with Crippen LogP contribution in [0, 0.1) is 0 Å². The minimum absolute atomic E-state index is 0.128. The van der Waals surface area contributed by atoms with E-state index in [1.54, 1.807) is 42.5 Å². The third-order valence-corrected chi connectivity index (χ3v) is 5.05. The predicted molar refractivity (Wildman–Crippen MR) is 114 cm³/mol. The lowest BCUT2D eigenvalue weighted by molar-refractivity contribution is -0.137. The molecule has 0 bridgehead atoms. The lowest BCUT2D eigenvalue weighted by Crippen LogP contribution is -2.31. The highest BCUT2D eigenvalue weighted by Gasteiger charge is 2.22. The number of carbonyl (C=O) groups excluding carboxylic acids is 1. The Labute approximate surface area is 182 Å². The number of carboxylic acid groups (broad SMARTS) is 1. The van der Waals surface area contributed by atoms with Crippen molar-refractivity contribution in [1.29, 1.82) is 0 Å². The quantitative estimate of drug-likeness (QED) is 0.509. The van der Waals surface area contributed by atoms with Crippen LogP contribution in [0.5, 0.6) is 0 Å². The van der Waals surface area contributed by atoms with E-state index in [1.807, 2.05) is 6.07 Å². The molecule has 148 valence electrons. The first-order chi connectivity index (χ1) is 13.8. The molecular weight excluding hydrogens is 435 g/mol. The largest absolute Gasteiger partial charge is 0.481 e. The molecule has 0 spiro atoms. The van der Waals surface area contributed by atoms with E-state index in [0.717, 1.165) is 0 Å². The highest BCUT2D eigenvalue weighted by Crippen LogP contribution is 2.29. The average molecular weight is 450 g/mol. The van der Waals surface area contributed by atoms with Crippen LogP contribution < -0.4 is 5.32 Å². The Kier molecular flexibility index (Phi) is 6.75. The zero-order chi connectivity index (χ0) is 21.0. The zero-order valence-electron chi connectivity index (χ0n) is 14.9. The van der Waals surface area contributed by atoms with Crippen molar-refractivity contribution in [3.63, 3.8) is 0 Å². The summed E-state index contributed by atoms with van der Waals surface area (Å²) in [4.78, 5) is 28.5. The van der Waals surface area contributed by atoms with Crippen molar-refractivity contribution >= 4 is 46.7 Å². The van der Waals surface area contributed by atoms with Crippen LogP contribution in [0.1, 0.15) is 28.5 Å². The van der Waals surface area contributed by atoms with E-state index in [1.165, 1.54) is 12.1 Å². The van der Waals surface area contributed by atoms with Gasteiger partial charge in [-0.3, -0.25) is 9.59 Å². The molecule has 1 atom stereocenters. The molecule has 8 heteroatoms. The van der Waals surface area contributed by atoms with Crippen LogP contribution in [0.25, 0.3) is 11.3 Å². The minimum Gasteiger partial charge on any atom is -0.481 e. The first kappa shape index (κ1) is 21.1. The summed E-state index contributed by atoms with van der Waals surface area (Å²) in [5.41, 5.74) is 1.80. The van der Waals surface area contributed by atoms with Gasteiger partial charge >= 0.3 is 5.97 Å². The van der Waals surface area contributed by atoms with Gasteiger partial charge < -0.3 is 10.4 Å². The Morgan fingerprint density at radius 2 is 1.72 bits per heavy atom. The summed E-state index contributed by atoms with van der Waals surface area (Å²) in [5, 5.41) is 13.1. The van der Waals surface area contributed by atoms with Gasteiger partial charge in [0.05, 0.1) is 18.2 Å². The van der Waals surface area contributed by atoms with Gasteiger partial charge in [0.2, 0.25) is 0 Å². The minimum atomic E-state index is -1.08. The average Bonchev–Trinajstić information content (AvgIpc) is 2.67. The summed E-state index contributed by atoms with van der Waals surface area (Å²) in [6.45, 7) is 0. The molecule has 0 unspecified atom stereocenters. The Bertz CT molecular complexity index is 1070. The van der Waals surface area contributed by atoms with Crippen molar-refractivity contribution < 1.29 is 14.7 Å². The van der Waals surface area contributed by atoms with Crippen LogP contribution in [-0.4, -0.2) is 22.0 Å². The van der Waals surface area contributed by atoms with Crippen LogP contribution in [0.15, 0.2) is 60.7 Å². The zero-order valence-corrected chi connectivity index (χ0v) is 17.2. The van der Waals surface area contributed by atoms with Crippen LogP contribution in [0.3, 0.4) is 0 Å². The molecule has 1 heterocycles. The highest BCUT2D eigenvalue weighted by atomic mass is 35.5. The molecule has 2 N–H and O–H groups in total. The Morgan fingerprint density at radius 1 is 0.966 bits per heavy atom.